The molecule has 2 rings (SSSR count). The fraction of sp³-hybridized carbons (Fsp3) is 0.545. The number of halogens is 1. The Bertz CT molecular complexity index is 608. The maximum Gasteiger partial charge on any atom is 0.347 e. The molecule has 10 nitrogen and oxygen atoms in total. The van der Waals surface area contributed by atoms with Gasteiger partial charge in [0, 0.05) is 0 Å². The molecule has 0 aliphatic carbocycles. The molecule has 1 saturated heterocycles. The number of aromatic nitrogens is 2. The molecule has 22 heavy (non-hydrogen) atoms. The van der Waals surface area contributed by atoms with Crippen LogP contribution in [0.4, 0.5) is 4.39 Å². The van der Waals surface area contributed by atoms with Gasteiger partial charge in [-0.3, -0.25) is 4.98 Å². The number of nitrogens with zero attached hydrogens (tertiary/aromatic N) is 1. The Morgan fingerprint density at radius 3 is 2.73 bits per heavy atom. The molecule has 5 atom stereocenters. The molecule has 0 saturated carbocycles. The van der Waals surface area contributed by atoms with E-state index in [4.69, 9.17) is 9.47 Å². The van der Waals surface area contributed by atoms with Gasteiger partial charge in [-0.1, -0.05) is 0 Å². The molecule has 2 heterocycles. The number of carbonyl (C=O) groups is 1. The monoisotopic (exact) mass is 320 g/mol. The van der Waals surface area contributed by atoms with Gasteiger partial charge in [-0.15, -0.1) is 0 Å². The number of methoxy groups -OCH3 is 1. The normalized spacial score (nSPS) is 31.6. The standard InChI is InChI=1S/C11H13FN2O8/c1-20-9(17)6-4(15)5(16)7(10(18)22-6)21-8-3(12)2-13-11(19)14-8/h2,4-7,10,15-16,18H,1H3,(H,13,14,19)/t4-,5-,6-,7+,10+/m0/s1. The van der Waals surface area contributed by atoms with Crippen molar-refractivity contribution in [1.29, 1.82) is 0 Å². The number of carbonyl (C=O) groups excluding carboxylic acids is 1. The number of rotatable bonds is 3. The summed E-state index contributed by atoms with van der Waals surface area (Å²) in [6.45, 7) is 0. The zero-order valence-electron chi connectivity index (χ0n) is 11.2. The zero-order chi connectivity index (χ0) is 16.4. The third-order valence-corrected chi connectivity index (χ3v) is 2.98. The van der Waals surface area contributed by atoms with Gasteiger partial charge in [0.05, 0.1) is 13.3 Å². The summed E-state index contributed by atoms with van der Waals surface area (Å²) in [5.41, 5.74) is -0.926. The van der Waals surface area contributed by atoms with E-state index in [1.165, 1.54) is 0 Å². The van der Waals surface area contributed by atoms with Crippen LogP contribution in [0.15, 0.2) is 11.0 Å². The van der Waals surface area contributed by atoms with Crippen molar-refractivity contribution in [2.24, 2.45) is 0 Å². The summed E-state index contributed by atoms with van der Waals surface area (Å²) < 4.78 is 27.5. The Balaban J connectivity index is 2.20. The molecule has 1 aliphatic heterocycles. The van der Waals surface area contributed by atoms with E-state index < -0.39 is 54.1 Å². The van der Waals surface area contributed by atoms with E-state index in [2.05, 4.69) is 9.72 Å². The van der Waals surface area contributed by atoms with Gasteiger partial charge in [0.2, 0.25) is 11.7 Å². The number of hydrogen-bond acceptors (Lipinski definition) is 9. The first-order chi connectivity index (χ1) is 10.3. The first-order valence-corrected chi connectivity index (χ1v) is 6.04. The molecule has 0 radical (unpaired) electrons. The average Bonchev–Trinajstić information content (AvgIpc) is 2.49. The SMILES string of the molecule is COC(=O)[C@H]1O[C@@H](O)[C@H](Oc2[nH]c(=O)ncc2F)[C@@H](O)[C@@H]1O. The maximum atomic E-state index is 13.4. The molecule has 1 fully saturated rings. The van der Waals surface area contributed by atoms with Gasteiger partial charge in [-0.25, -0.2) is 9.59 Å². The lowest BCUT2D eigenvalue weighted by molar-refractivity contribution is -0.275. The first kappa shape index (κ1) is 16.3. The van der Waals surface area contributed by atoms with Gasteiger partial charge in [0.1, 0.15) is 12.2 Å². The van der Waals surface area contributed by atoms with E-state index in [0.717, 1.165) is 7.11 Å². The molecular formula is C11H13FN2O8. The lowest BCUT2D eigenvalue weighted by Gasteiger charge is -2.38. The highest BCUT2D eigenvalue weighted by Gasteiger charge is 2.49. The highest BCUT2D eigenvalue weighted by atomic mass is 19.1. The number of esters is 1. The second kappa shape index (κ2) is 6.36. The minimum Gasteiger partial charge on any atom is -0.467 e. The third kappa shape index (κ3) is 3.06. The fourth-order valence-corrected chi connectivity index (χ4v) is 1.87. The molecule has 0 unspecified atom stereocenters. The van der Waals surface area contributed by atoms with E-state index >= 15 is 0 Å². The number of aliphatic hydroxyl groups is 3. The molecular weight excluding hydrogens is 307 g/mol. The maximum absolute atomic E-state index is 13.4. The Morgan fingerprint density at radius 2 is 2.09 bits per heavy atom. The van der Waals surface area contributed by atoms with Crippen LogP contribution in [-0.2, 0) is 14.3 Å². The first-order valence-electron chi connectivity index (χ1n) is 6.04. The second-order valence-electron chi connectivity index (χ2n) is 4.40. The smallest absolute Gasteiger partial charge is 0.347 e. The molecule has 0 spiro atoms. The van der Waals surface area contributed by atoms with Crippen molar-refractivity contribution in [2.75, 3.05) is 7.11 Å². The van der Waals surface area contributed by atoms with Crippen LogP contribution < -0.4 is 10.4 Å². The van der Waals surface area contributed by atoms with E-state index in [1.54, 1.807) is 0 Å². The van der Waals surface area contributed by atoms with Crippen LogP contribution in [0, 0.1) is 5.82 Å². The summed E-state index contributed by atoms with van der Waals surface area (Å²) in [5.74, 6) is -2.80. The summed E-state index contributed by atoms with van der Waals surface area (Å²) in [4.78, 5) is 27.4. The van der Waals surface area contributed by atoms with Gasteiger partial charge in [0.25, 0.3) is 0 Å². The highest BCUT2D eigenvalue weighted by Crippen LogP contribution is 2.25. The molecule has 0 aromatic carbocycles. The Kier molecular flexibility index (Phi) is 4.71. The Morgan fingerprint density at radius 1 is 1.41 bits per heavy atom. The molecule has 1 aliphatic rings. The number of aromatic amines is 1. The van der Waals surface area contributed by atoms with E-state index in [0.29, 0.717) is 6.20 Å². The number of nitrogens with one attached hydrogen (secondary N) is 1. The molecule has 11 heteroatoms. The van der Waals surface area contributed by atoms with Crippen LogP contribution in [0.5, 0.6) is 5.88 Å². The van der Waals surface area contributed by atoms with E-state index in [1.807, 2.05) is 4.98 Å². The minimum atomic E-state index is -1.89. The molecule has 122 valence electrons. The van der Waals surface area contributed by atoms with Crippen molar-refractivity contribution in [3.05, 3.63) is 22.5 Å². The van der Waals surface area contributed by atoms with Crippen LogP contribution in [0.25, 0.3) is 0 Å². The van der Waals surface area contributed by atoms with Gasteiger partial charge < -0.3 is 29.5 Å². The van der Waals surface area contributed by atoms with Crippen molar-refractivity contribution in [2.45, 2.75) is 30.7 Å². The minimum absolute atomic E-state index is 0.574. The Labute approximate surface area is 122 Å². The molecule has 1 aromatic heterocycles. The summed E-state index contributed by atoms with van der Waals surface area (Å²) in [6.07, 6.45) is -8.23. The lowest BCUT2D eigenvalue weighted by atomic mass is 9.99. The van der Waals surface area contributed by atoms with E-state index in [-0.39, 0.29) is 0 Å². The average molecular weight is 320 g/mol. The van der Waals surface area contributed by atoms with Crippen LogP contribution in [0.1, 0.15) is 0 Å². The molecule has 0 bridgehead atoms. The number of aliphatic hydroxyl groups excluding tert-OH is 3. The van der Waals surface area contributed by atoms with Crippen LogP contribution in [0.3, 0.4) is 0 Å². The van der Waals surface area contributed by atoms with Crippen molar-refractivity contribution in [1.82, 2.24) is 9.97 Å². The number of H-pyrrole nitrogens is 1. The summed E-state index contributed by atoms with van der Waals surface area (Å²) >= 11 is 0. The predicted molar refractivity (Wildman–Crippen MR) is 64.1 cm³/mol. The van der Waals surface area contributed by atoms with Crippen molar-refractivity contribution < 1.29 is 38.7 Å². The van der Waals surface area contributed by atoms with Gasteiger partial charge in [-0.2, -0.15) is 9.37 Å². The number of hydrogen-bond donors (Lipinski definition) is 4. The summed E-state index contributed by atoms with van der Waals surface area (Å²) in [7, 11) is 1.02. The number of ether oxygens (including phenoxy) is 3. The lowest BCUT2D eigenvalue weighted by Crippen LogP contribution is -2.61. The van der Waals surface area contributed by atoms with Gasteiger partial charge >= 0.3 is 11.7 Å². The van der Waals surface area contributed by atoms with Gasteiger partial charge in [0.15, 0.2) is 18.5 Å². The largest absolute Gasteiger partial charge is 0.467 e. The van der Waals surface area contributed by atoms with Crippen molar-refractivity contribution in [3.63, 3.8) is 0 Å². The molecule has 4 N–H and O–H groups in total. The quantitative estimate of drug-likeness (QED) is 0.435. The van der Waals surface area contributed by atoms with E-state index in [9.17, 15) is 29.3 Å². The van der Waals surface area contributed by atoms with Crippen LogP contribution in [-0.4, -0.2) is 69.1 Å². The highest BCUT2D eigenvalue weighted by molar-refractivity contribution is 5.75. The predicted octanol–water partition coefficient (Wildman–Crippen LogP) is -2.73. The molecule has 1 aromatic rings. The van der Waals surface area contributed by atoms with Crippen LogP contribution in [0.2, 0.25) is 0 Å². The Hall–Kier alpha value is -2.08. The fourth-order valence-electron chi connectivity index (χ4n) is 1.87. The van der Waals surface area contributed by atoms with Crippen LogP contribution >= 0.6 is 0 Å². The van der Waals surface area contributed by atoms with Crippen molar-refractivity contribution in [3.8, 4) is 5.88 Å². The van der Waals surface area contributed by atoms with Crippen molar-refractivity contribution >= 4 is 5.97 Å². The molecule has 0 amide bonds. The third-order valence-electron chi connectivity index (χ3n) is 2.98. The summed E-state index contributed by atoms with van der Waals surface area (Å²) in [5, 5.41) is 29.4. The topological polar surface area (TPSA) is 151 Å². The second-order valence-corrected chi connectivity index (χ2v) is 4.40. The zero-order valence-corrected chi connectivity index (χ0v) is 11.2. The summed E-state index contributed by atoms with van der Waals surface area (Å²) in [6, 6.07) is 0. The van der Waals surface area contributed by atoms with Gasteiger partial charge in [-0.05, 0) is 0 Å².